The average Bonchev–Trinajstić information content (AvgIpc) is 3.03. The van der Waals surface area contributed by atoms with Crippen molar-refractivity contribution < 1.29 is 24.8 Å². The maximum atomic E-state index is 11.0. The molecule has 0 aliphatic heterocycles. The standard InChI is InChI=1S/C36H45N3O5/c1-5-9-11-25(8-4)23-44-29-17-19-31(33(42)21-29)36-38-34(26-12-14-27(40)15-13-26)37-35(39-36)30-18-16-28(20-32(30)41)43-22-24(7-3)10-6-2/h12-21,24-25,40-42H,5-11,22-23H2,1-4H3. The molecule has 0 aliphatic rings. The van der Waals surface area contributed by atoms with Gasteiger partial charge in [-0.05, 0) is 73.2 Å². The van der Waals surface area contributed by atoms with Crippen LogP contribution in [-0.4, -0.2) is 43.5 Å². The molecule has 2 atom stereocenters. The molecular formula is C36H45N3O5. The van der Waals surface area contributed by atoms with Crippen LogP contribution in [-0.2, 0) is 0 Å². The van der Waals surface area contributed by atoms with Crippen LogP contribution in [0.5, 0.6) is 28.7 Å². The van der Waals surface area contributed by atoms with E-state index in [-0.39, 0.29) is 28.9 Å². The van der Waals surface area contributed by atoms with E-state index in [1.807, 2.05) is 0 Å². The highest BCUT2D eigenvalue weighted by Crippen LogP contribution is 2.36. The third kappa shape index (κ3) is 8.62. The van der Waals surface area contributed by atoms with Crippen molar-refractivity contribution in [2.24, 2.45) is 11.8 Å². The molecule has 0 saturated heterocycles. The number of rotatable bonds is 16. The Labute approximate surface area is 260 Å². The number of phenols is 3. The van der Waals surface area contributed by atoms with Gasteiger partial charge in [-0.3, -0.25) is 0 Å². The van der Waals surface area contributed by atoms with Crippen molar-refractivity contribution >= 4 is 0 Å². The van der Waals surface area contributed by atoms with E-state index in [2.05, 4.69) is 42.6 Å². The first-order valence-corrected chi connectivity index (χ1v) is 15.8. The summed E-state index contributed by atoms with van der Waals surface area (Å²) in [6.45, 7) is 9.85. The van der Waals surface area contributed by atoms with Gasteiger partial charge in [-0.15, -0.1) is 0 Å². The Morgan fingerprint density at radius 3 is 1.55 bits per heavy atom. The summed E-state index contributed by atoms with van der Waals surface area (Å²) in [6, 6.07) is 16.7. The third-order valence-corrected chi connectivity index (χ3v) is 7.97. The molecule has 44 heavy (non-hydrogen) atoms. The molecule has 0 amide bonds. The van der Waals surface area contributed by atoms with E-state index in [1.54, 1.807) is 60.7 Å². The second-order valence-corrected chi connectivity index (χ2v) is 11.3. The maximum absolute atomic E-state index is 11.0. The molecule has 1 heterocycles. The predicted molar refractivity (Wildman–Crippen MR) is 174 cm³/mol. The number of aromatic nitrogens is 3. The molecule has 0 radical (unpaired) electrons. The highest BCUT2D eigenvalue weighted by atomic mass is 16.5. The topological polar surface area (TPSA) is 118 Å². The number of unbranched alkanes of at least 4 members (excludes halogenated alkanes) is 1. The van der Waals surface area contributed by atoms with Crippen LogP contribution in [0, 0.1) is 11.8 Å². The molecule has 4 rings (SSSR count). The van der Waals surface area contributed by atoms with E-state index >= 15 is 0 Å². The van der Waals surface area contributed by atoms with Crippen LogP contribution in [0.4, 0.5) is 0 Å². The molecule has 2 unspecified atom stereocenters. The van der Waals surface area contributed by atoms with Crippen LogP contribution in [0.15, 0.2) is 60.7 Å². The lowest BCUT2D eigenvalue weighted by Gasteiger charge is -2.16. The summed E-state index contributed by atoms with van der Waals surface area (Å²) in [6.07, 6.45) is 7.69. The fourth-order valence-electron chi connectivity index (χ4n) is 5.08. The average molecular weight is 600 g/mol. The van der Waals surface area contributed by atoms with E-state index in [1.165, 1.54) is 6.42 Å². The molecule has 0 bridgehead atoms. The molecule has 8 nitrogen and oxygen atoms in total. The smallest absolute Gasteiger partial charge is 0.167 e. The van der Waals surface area contributed by atoms with Crippen molar-refractivity contribution in [3.8, 4) is 62.9 Å². The van der Waals surface area contributed by atoms with E-state index in [4.69, 9.17) is 9.47 Å². The van der Waals surface area contributed by atoms with Gasteiger partial charge in [0.05, 0.1) is 24.3 Å². The minimum Gasteiger partial charge on any atom is -0.508 e. The zero-order valence-electron chi connectivity index (χ0n) is 26.3. The van der Waals surface area contributed by atoms with Gasteiger partial charge in [-0.2, -0.15) is 0 Å². The minimum atomic E-state index is -0.0265. The fraction of sp³-hybridized carbons (Fsp3) is 0.417. The lowest BCUT2D eigenvalue weighted by molar-refractivity contribution is 0.232. The number of hydrogen-bond donors (Lipinski definition) is 3. The van der Waals surface area contributed by atoms with E-state index < -0.39 is 0 Å². The number of nitrogens with zero attached hydrogens (tertiary/aromatic N) is 3. The van der Waals surface area contributed by atoms with Crippen LogP contribution >= 0.6 is 0 Å². The lowest BCUT2D eigenvalue weighted by Crippen LogP contribution is -2.11. The second kappa shape index (κ2) is 15.9. The zero-order valence-corrected chi connectivity index (χ0v) is 26.3. The number of ether oxygens (including phenoxy) is 2. The Morgan fingerprint density at radius 2 is 1.09 bits per heavy atom. The molecule has 0 fully saturated rings. The monoisotopic (exact) mass is 599 g/mol. The summed E-state index contributed by atoms with van der Waals surface area (Å²) in [7, 11) is 0. The van der Waals surface area contributed by atoms with Crippen LogP contribution in [0.2, 0.25) is 0 Å². The Kier molecular flexibility index (Phi) is 11.8. The molecule has 3 aromatic carbocycles. The molecule has 3 N–H and O–H groups in total. The quantitative estimate of drug-likeness (QED) is 0.117. The van der Waals surface area contributed by atoms with Crippen molar-refractivity contribution in [2.45, 2.75) is 72.6 Å². The summed E-state index contributed by atoms with van der Waals surface area (Å²) in [5.41, 5.74) is 1.45. The van der Waals surface area contributed by atoms with Crippen LogP contribution in [0.3, 0.4) is 0 Å². The number of hydrogen-bond acceptors (Lipinski definition) is 8. The summed E-state index contributed by atoms with van der Waals surface area (Å²) >= 11 is 0. The summed E-state index contributed by atoms with van der Waals surface area (Å²) < 4.78 is 12.0. The molecule has 1 aromatic heterocycles. The van der Waals surface area contributed by atoms with Gasteiger partial charge in [0.15, 0.2) is 17.5 Å². The minimum absolute atomic E-state index is 0.0246. The predicted octanol–water partition coefficient (Wildman–Crippen LogP) is 8.79. The van der Waals surface area contributed by atoms with Crippen molar-refractivity contribution in [1.29, 1.82) is 0 Å². The number of phenolic OH excluding ortho intramolecular Hbond substituents is 3. The van der Waals surface area contributed by atoms with Crippen LogP contribution in [0.25, 0.3) is 34.2 Å². The summed E-state index contributed by atoms with van der Waals surface area (Å²) in [5, 5.41) is 31.9. The van der Waals surface area contributed by atoms with E-state index in [9.17, 15) is 15.3 Å². The fourth-order valence-corrected chi connectivity index (χ4v) is 5.08. The van der Waals surface area contributed by atoms with Crippen LogP contribution in [0.1, 0.15) is 72.6 Å². The Morgan fingerprint density at radius 1 is 0.591 bits per heavy atom. The van der Waals surface area contributed by atoms with Gasteiger partial charge in [-0.1, -0.05) is 59.8 Å². The Balaban J connectivity index is 1.66. The zero-order chi connectivity index (χ0) is 31.5. The molecule has 0 saturated carbocycles. The molecular weight excluding hydrogens is 554 g/mol. The first-order valence-electron chi connectivity index (χ1n) is 15.8. The number of benzene rings is 3. The normalized spacial score (nSPS) is 12.5. The molecule has 0 spiro atoms. The van der Waals surface area contributed by atoms with E-state index in [0.717, 1.165) is 38.5 Å². The van der Waals surface area contributed by atoms with Crippen molar-refractivity contribution in [2.75, 3.05) is 13.2 Å². The maximum Gasteiger partial charge on any atom is 0.167 e. The highest BCUT2D eigenvalue weighted by Gasteiger charge is 2.18. The van der Waals surface area contributed by atoms with Gasteiger partial charge in [0, 0.05) is 17.7 Å². The number of aromatic hydroxyl groups is 3. The Bertz CT molecular complexity index is 1490. The van der Waals surface area contributed by atoms with Gasteiger partial charge in [0.2, 0.25) is 0 Å². The van der Waals surface area contributed by atoms with Gasteiger partial charge in [0.25, 0.3) is 0 Å². The van der Waals surface area contributed by atoms with Crippen molar-refractivity contribution in [3.05, 3.63) is 60.7 Å². The summed E-state index contributed by atoms with van der Waals surface area (Å²) in [4.78, 5) is 14.0. The van der Waals surface area contributed by atoms with E-state index in [0.29, 0.717) is 59.1 Å². The third-order valence-electron chi connectivity index (χ3n) is 7.97. The second-order valence-electron chi connectivity index (χ2n) is 11.3. The SMILES string of the molecule is CCCCC(CC)COc1ccc(-c2nc(-c3ccc(O)cc3)nc(-c3ccc(OCC(CC)CCC)cc3O)n2)c(O)c1. The van der Waals surface area contributed by atoms with Crippen molar-refractivity contribution in [1.82, 2.24) is 15.0 Å². The van der Waals surface area contributed by atoms with Gasteiger partial charge < -0.3 is 24.8 Å². The molecule has 8 heteroatoms. The highest BCUT2D eigenvalue weighted by molar-refractivity contribution is 5.72. The van der Waals surface area contributed by atoms with Crippen molar-refractivity contribution in [3.63, 3.8) is 0 Å². The molecule has 234 valence electrons. The van der Waals surface area contributed by atoms with Gasteiger partial charge in [0.1, 0.15) is 28.7 Å². The Hall–Kier alpha value is -4.33. The van der Waals surface area contributed by atoms with Gasteiger partial charge >= 0.3 is 0 Å². The first-order chi connectivity index (χ1) is 21.3. The van der Waals surface area contributed by atoms with Gasteiger partial charge in [-0.25, -0.2) is 15.0 Å². The molecule has 0 aliphatic carbocycles. The lowest BCUT2D eigenvalue weighted by atomic mass is 10.0. The summed E-state index contributed by atoms with van der Waals surface area (Å²) in [5.74, 6) is 2.94. The first kappa shape index (κ1) is 32.6. The molecule has 4 aromatic rings. The van der Waals surface area contributed by atoms with Crippen LogP contribution < -0.4 is 9.47 Å². The largest absolute Gasteiger partial charge is 0.508 e.